The first-order valence-corrected chi connectivity index (χ1v) is 15.7. The lowest BCUT2D eigenvalue weighted by atomic mass is 10.00. The summed E-state index contributed by atoms with van der Waals surface area (Å²) in [5.74, 6) is -0.435. The molecule has 2 amide bonds. The van der Waals surface area contributed by atoms with Gasteiger partial charge in [0.15, 0.2) is 6.29 Å². The second-order valence-corrected chi connectivity index (χ2v) is 13.8. The summed E-state index contributed by atoms with van der Waals surface area (Å²) in [4.78, 5) is 28.4. The van der Waals surface area contributed by atoms with E-state index in [1.807, 2.05) is 58.9 Å². The molecule has 0 bridgehead atoms. The topological polar surface area (TPSA) is 98.8 Å². The number of halogens is 2. The van der Waals surface area contributed by atoms with Crippen LogP contribution >= 0.6 is 15.9 Å². The van der Waals surface area contributed by atoms with Crippen LogP contribution in [0.25, 0.3) is 0 Å². The molecule has 0 spiro atoms. The Bertz CT molecular complexity index is 1320. The molecule has 1 N–H and O–H groups in total. The van der Waals surface area contributed by atoms with Gasteiger partial charge in [0.1, 0.15) is 23.2 Å². The normalized spacial score (nSPS) is 26.1. The number of hydrogen-bond donors (Lipinski definition) is 1. The third kappa shape index (κ3) is 7.89. The zero-order valence-electron chi connectivity index (χ0n) is 25.8. The Morgan fingerprint density at radius 3 is 2.57 bits per heavy atom. The number of ether oxygens (including phenoxy) is 5. The molecule has 2 aromatic rings. The minimum absolute atomic E-state index is 0.0302. The summed E-state index contributed by atoms with van der Waals surface area (Å²) in [7, 11) is 0. The number of carbonyl (C=O) groups is 2. The molecule has 0 saturated carbocycles. The molecule has 3 aliphatic rings. The maximum Gasteiger partial charge on any atom is 0.422 e. The average molecular weight is 679 g/mol. The molecule has 12 heteroatoms. The van der Waals surface area contributed by atoms with Crippen LogP contribution in [0.2, 0.25) is 0 Å². The fraction of sp³-hybridized carbons (Fsp3) is 0.562. The first-order valence-electron chi connectivity index (χ1n) is 14.9. The first-order chi connectivity index (χ1) is 20.8. The zero-order valence-corrected chi connectivity index (χ0v) is 27.3. The van der Waals surface area contributed by atoms with E-state index < -0.39 is 47.6 Å². The molecule has 4 unspecified atom stereocenters. The molecule has 3 aliphatic heterocycles. The summed E-state index contributed by atoms with van der Waals surface area (Å²) < 4.78 is 45.0. The van der Waals surface area contributed by atoms with E-state index in [1.54, 1.807) is 28.1 Å². The Kier molecular flexibility index (Phi) is 9.86. The molecule has 44 heavy (non-hydrogen) atoms. The summed E-state index contributed by atoms with van der Waals surface area (Å²) in [5, 5.41) is 1.58. The van der Waals surface area contributed by atoms with Gasteiger partial charge >= 0.3 is 12.2 Å². The van der Waals surface area contributed by atoms with E-state index in [9.17, 15) is 14.0 Å². The van der Waals surface area contributed by atoms with Gasteiger partial charge in [0.05, 0.1) is 31.3 Å². The number of nitrogens with zero attached hydrogens (tertiary/aromatic N) is 2. The Morgan fingerprint density at radius 2 is 1.86 bits per heavy atom. The van der Waals surface area contributed by atoms with Crippen LogP contribution in [-0.4, -0.2) is 77.7 Å². The number of hydrogen-bond acceptors (Lipinski definition) is 8. The molecule has 10 nitrogen and oxygen atoms in total. The predicted molar refractivity (Wildman–Crippen MR) is 163 cm³/mol. The van der Waals surface area contributed by atoms with Crippen molar-refractivity contribution in [1.82, 2.24) is 15.3 Å². The number of fused-ring (bicyclic) bond motifs is 1. The molecular weight excluding hydrogens is 637 g/mol. The van der Waals surface area contributed by atoms with Crippen molar-refractivity contribution < 1.29 is 37.7 Å². The second-order valence-electron chi connectivity index (χ2n) is 12.9. The van der Waals surface area contributed by atoms with Crippen LogP contribution in [0, 0.1) is 11.7 Å². The van der Waals surface area contributed by atoms with Crippen molar-refractivity contribution in [3.8, 4) is 0 Å². The molecular formula is C32H41BrFN3O7. The van der Waals surface area contributed by atoms with Gasteiger partial charge < -0.3 is 23.7 Å². The minimum atomic E-state index is -1.03. The first kappa shape index (κ1) is 32.6. The highest BCUT2D eigenvalue weighted by molar-refractivity contribution is 9.10. The van der Waals surface area contributed by atoms with Crippen molar-refractivity contribution in [2.45, 2.75) is 89.9 Å². The summed E-state index contributed by atoms with van der Waals surface area (Å²) in [6.07, 6.45) is -1.40. The average Bonchev–Trinajstić information content (AvgIpc) is 3.60. The van der Waals surface area contributed by atoms with Crippen LogP contribution in [0.1, 0.15) is 52.2 Å². The van der Waals surface area contributed by atoms with E-state index >= 15 is 0 Å². The smallest absolute Gasteiger partial charge is 0.422 e. The lowest BCUT2D eigenvalue weighted by Gasteiger charge is -2.35. The maximum atomic E-state index is 14.8. The molecule has 240 valence electrons. The predicted octanol–water partition coefficient (Wildman–Crippen LogP) is 5.78. The molecule has 3 heterocycles. The fourth-order valence-electron chi connectivity index (χ4n) is 6.02. The van der Waals surface area contributed by atoms with Crippen LogP contribution < -0.4 is 5.43 Å². The molecule has 3 fully saturated rings. The number of nitrogens with one attached hydrogen (secondary N) is 1. The van der Waals surface area contributed by atoms with Crippen molar-refractivity contribution in [3.63, 3.8) is 0 Å². The Balaban J connectivity index is 1.40. The van der Waals surface area contributed by atoms with Crippen molar-refractivity contribution in [2.24, 2.45) is 5.92 Å². The quantitative estimate of drug-likeness (QED) is 0.352. The lowest BCUT2D eigenvalue weighted by Crippen LogP contribution is -2.53. The van der Waals surface area contributed by atoms with Crippen molar-refractivity contribution in [1.29, 1.82) is 0 Å². The molecule has 0 aliphatic carbocycles. The van der Waals surface area contributed by atoms with Crippen molar-refractivity contribution >= 4 is 28.1 Å². The number of carbonyl (C=O) groups excluding carboxylic acids is 2. The Labute approximate surface area is 266 Å². The SMILES string of the molecule is CC(C)(C)OC(=O)N1[C@@H](Cc2ccc(Br)cc2)C(CN(Cc2ccccc2F)NC(=O)OC2COC3OCCC23)OC1(C)C. The van der Waals surface area contributed by atoms with Gasteiger partial charge in [0.25, 0.3) is 0 Å². The van der Waals surface area contributed by atoms with Gasteiger partial charge in [-0.15, -0.1) is 0 Å². The van der Waals surface area contributed by atoms with Crippen LogP contribution in [0.15, 0.2) is 53.0 Å². The largest absolute Gasteiger partial charge is 0.444 e. The fourth-order valence-corrected chi connectivity index (χ4v) is 6.29. The molecule has 3 saturated heterocycles. The van der Waals surface area contributed by atoms with Gasteiger partial charge in [-0.1, -0.05) is 46.3 Å². The van der Waals surface area contributed by atoms with Gasteiger partial charge in [0, 0.05) is 23.1 Å². The lowest BCUT2D eigenvalue weighted by molar-refractivity contribution is -0.0909. The van der Waals surface area contributed by atoms with Crippen molar-refractivity contribution in [3.05, 3.63) is 69.9 Å². The van der Waals surface area contributed by atoms with E-state index in [0.717, 1.165) is 16.5 Å². The zero-order chi connectivity index (χ0) is 31.6. The third-order valence-electron chi connectivity index (χ3n) is 7.94. The van der Waals surface area contributed by atoms with Crippen molar-refractivity contribution in [2.75, 3.05) is 19.8 Å². The van der Waals surface area contributed by atoms with Gasteiger partial charge in [-0.25, -0.2) is 19.0 Å². The van der Waals surface area contributed by atoms with Gasteiger partial charge in [-0.05, 0) is 71.2 Å². The van der Waals surface area contributed by atoms with E-state index in [0.29, 0.717) is 18.6 Å². The van der Waals surface area contributed by atoms with Crippen LogP contribution in [0.5, 0.6) is 0 Å². The van der Waals surface area contributed by atoms with E-state index in [4.69, 9.17) is 23.7 Å². The summed E-state index contributed by atoms with van der Waals surface area (Å²) in [6, 6.07) is 13.8. The standard InChI is InChI=1S/C32H41BrFN3O7/c1-31(2,3)44-30(39)37-25(16-20-10-12-22(33)13-11-20)26(43-32(37,4)5)18-36(17-21-8-6-7-9-24(21)34)35-29(38)42-27-19-41-28-23(27)14-15-40-28/h6-13,23,25-28H,14-19H2,1-5H3,(H,35,38)/t23?,25-,26?,27?,28?/m0/s1. The molecule has 5 rings (SSSR count). The third-order valence-corrected chi connectivity index (χ3v) is 8.47. The van der Waals surface area contributed by atoms with Crippen LogP contribution in [0.3, 0.4) is 0 Å². The summed E-state index contributed by atoms with van der Waals surface area (Å²) in [6.45, 7) is 10.0. The molecule has 2 aromatic carbocycles. The highest BCUT2D eigenvalue weighted by Gasteiger charge is 2.52. The van der Waals surface area contributed by atoms with Gasteiger partial charge in [0.2, 0.25) is 0 Å². The Hall–Kier alpha value is -2.77. The Morgan fingerprint density at radius 1 is 1.14 bits per heavy atom. The van der Waals surface area contributed by atoms with E-state index in [2.05, 4.69) is 21.4 Å². The molecule has 0 radical (unpaired) electrons. The minimum Gasteiger partial charge on any atom is -0.444 e. The van der Waals surface area contributed by atoms with Gasteiger partial charge in [-0.3, -0.25) is 10.3 Å². The number of benzene rings is 2. The molecule has 5 atom stereocenters. The number of amides is 2. The highest BCUT2D eigenvalue weighted by Crippen LogP contribution is 2.36. The number of hydrazine groups is 1. The maximum absolute atomic E-state index is 14.8. The second kappa shape index (κ2) is 13.3. The number of rotatable bonds is 8. The monoisotopic (exact) mass is 677 g/mol. The van der Waals surface area contributed by atoms with E-state index in [1.165, 1.54) is 6.07 Å². The van der Waals surface area contributed by atoms with E-state index in [-0.39, 0.29) is 31.9 Å². The molecule has 0 aromatic heterocycles. The summed E-state index contributed by atoms with van der Waals surface area (Å²) >= 11 is 3.48. The van der Waals surface area contributed by atoms with Crippen LogP contribution in [0.4, 0.5) is 14.0 Å². The highest BCUT2D eigenvalue weighted by atomic mass is 79.9. The van der Waals surface area contributed by atoms with Crippen LogP contribution in [-0.2, 0) is 36.6 Å². The van der Waals surface area contributed by atoms with Gasteiger partial charge in [-0.2, -0.15) is 0 Å². The summed E-state index contributed by atoms with van der Waals surface area (Å²) in [5.41, 5.74) is 2.43.